The molecule has 0 fully saturated rings. The minimum Gasteiger partial charge on any atom is -0.485 e. The number of nitrogens with one attached hydrogen (secondary N) is 1. The van der Waals surface area contributed by atoms with E-state index in [2.05, 4.69) is 5.32 Å². The van der Waals surface area contributed by atoms with E-state index < -0.39 is 6.10 Å². The van der Waals surface area contributed by atoms with Crippen LogP contribution in [0.1, 0.15) is 0 Å². The van der Waals surface area contributed by atoms with Crippen LogP contribution in [0.4, 0.5) is 5.69 Å². The predicted molar refractivity (Wildman–Crippen MR) is 101 cm³/mol. The zero-order chi connectivity index (χ0) is 18.5. The number of para-hydroxylation sites is 3. The minimum absolute atomic E-state index is 0.0664. The summed E-state index contributed by atoms with van der Waals surface area (Å²) in [6, 6.07) is 14.7. The van der Waals surface area contributed by atoms with Crippen molar-refractivity contribution in [3.05, 3.63) is 48.5 Å². The molecule has 136 valence electrons. The third-order valence-corrected chi connectivity index (χ3v) is 4.72. The Kier molecular flexibility index (Phi) is 5.68. The Bertz CT molecular complexity index is 812. The summed E-state index contributed by atoms with van der Waals surface area (Å²) in [6.45, 7) is 0.0557. The Balaban J connectivity index is 1.58. The van der Waals surface area contributed by atoms with Gasteiger partial charge in [-0.05, 0) is 30.5 Å². The van der Waals surface area contributed by atoms with Crippen LogP contribution in [-0.2, 0) is 9.59 Å². The van der Waals surface area contributed by atoms with Crippen molar-refractivity contribution in [2.75, 3.05) is 31.8 Å². The summed E-state index contributed by atoms with van der Waals surface area (Å²) < 4.78 is 11.3. The van der Waals surface area contributed by atoms with Crippen molar-refractivity contribution in [1.29, 1.82) is 0 Å². The molecule has 2 aromatic carbocycles. The Hall–Kier alpha value is -2.67. The first-order valence-corrected chi connectivity index (χ1v) is 9.37. The molecule has 0 aromatic heterocycles. The molecule has 2 amide bonds. The van der Waals surface area contributed by atoms with Gasteiger partial charge in [-0.15, -0.1) is 11.8 Å². The van der Waals surface area contributed by atoms with Gasteiger partial charge in [0.05, 0.1) is 12.2 Å². The van der Waals surface area contributed by atoms with E-state index in [-0.39, 0.29) is 25.0 Å². The van der Waals surface area contributed by atoms with E-state index in [1.165, 1.54) is 4.90 Å². The lowest BCUT2D eigenvalue weighted by molar-refractivity contribution is -0.141. The maximum absolute atomic E-state index is 12.6. The molecule has 3 rings (SSSR count). The molecule has 7 heteroatoms. The number of ether oxygens (including phenoxy) is 2. The standard InChI is InChI=1S/C19H20N2O4S/c1-21(11-18(22)20-13-7-3-6-10-17(13)26-2)19(23)16-12-24-14-8-4-5-9-15(14)25-16/h3-10,16H,11-12H2,1-2H3,(H,20,22)/t16-/m0/s1. The SMILES string of the molecule is CSc1ccccc1NC(=O)CN(C)C(=O)[C@@H]1COc2ccccc2O1. The molecule has 0 saturated heterocycles. The van der Waals surface area contributed by atoms with E-state index in [0.29, 0.717) is 11.5 Å². The van der Waals surface area contributed by atoms with Gasteiger partial charge in [0.25, 0.3) is 5.91 Å². The molecule has 1 aliphatic rings. The van der Waals surface area contributed by atoms with E-state index in [1.807, 2.05) is 42.7 Å². The van der Waals surface area contributed by atoms with Crippen molar-refractivity contribution in [1.82, 2.24) is 4.90 Å². The van der Waals surface area contributed by atoms with Gasteiger partial charge in [-0.25, -0.2) is 0 Å². The molecule has 0 unspecified atom stereocenters. The fourth-order valence-electron chi connectivity index (χ4n) is 2.62. The van der Waals surface area contributed by atoms with Gasteiger partial charge in [0.1, 0.15) is 6.61 Å². The molecule has 2 aromatic rings. The topological polar surface area (TPSA) is 67.9 Å². The Morgan fingerprint density at radius 3 is 2.62 bits per heavy atom. The summed E-state index contributed by atoms with van der Waals surface area (Å²) in [6.07, 6.45) is 1.18. The smallest absolute Gasteiger partial charge is 0.267 e. The van der Waals surface area contributed by atoms with E-state index in [4.69, 9.17) is 9.47 Å². The second-order valence-corrected chi connectivity index (χ2v) is 6.66. The van der Waals surface area contributed by atoms with Gasteiger partial charge in [0.15, 0.2) is 11.5 Å². The van der Waals surface area contributed by atoms with Crippen molar-refractivity contribution in [3.63, 3.8) is 0 Å². The van der Waals surface area contributed by atoms with Gasteiger partial charge >= 0.3 is 0 Å². The minimum atomic E-state index is -0.763. The highest BCUT2D eigenvalue weighted by Gasteiger charge is 2.30. The van der Waals surface area contributed by atoms with E-state index in [0.717, 1.165) is 10.6 Å². The van der Waals surface area contributed by atoms with Crippen molar-refractivity contribution in [3.8, 4) is 11.5 Å². The van der Waals surface area contributed by atoms with E-state index in [9.17, 15) is 9.59 Å². The van der Waals surface area contributed by atoms with Crippen LogP contribution in [0.2, 0.25) is 0 Å². The lowest BCUT2D eigenvalue weighted by atomic mass is 10.2. The second kappa shape index (κ2) is 8.14. The van der Waals surface area contributed by atoms with E-state index >= 15 is 0 Å². The summed E-state index contributed by atoms with van der Waals surface area (Å²) in [5.74, 6) is 0.585. The summed E-state index contributed by atoms with van der Waals surface area (Å²) in [4.78, 5) is 27.2. The summed E-state index contributed by atoms with van der Waals surface area (Å²) in [7, 11) is 1.58. The fourth-order valence-corrected chi connectivity index (χ4v) is 3.17. The second-order valence-electron chi connectivity index (χ2n) is 5.81. The average molecular weight is 372 g/mol. The number of amides is 2. The average Bonchev–Trinajstić information content (AvgIpc) is 2.67. The zero-order valence-corrected chi connectivity index (χ0v) is 15.4. The van der Waals surface area contributed by atoms with Crippen LogP contribution in [-0.4, -0.2) is 49.3 Å². The molecule has 1 atom stereocenters. The van der Waals surface area contributed by atoms with Crippen molar-refractivity contribution < 1.29 is 19.1 Å². The molecule has 26 heavy (non-hydrogen) atoms. The van der Waals surface area contributed by atoms with Gasteiger partial charge in [-0.3, -0.25) is 9.59 Å². The number of hydrogen-bond acceptors (Lipinski definition) is 5. The van der Waals surface area contributed by atoms with Crippen LogP contribution in [0.3, 0.4) is 0 Å². The van der Waals surface area contributed by atoms with Crippen LogP contribution >= 0.6 is 11.8 Å². The molecule has 0 radical (unpaired) electrons. The number of nitrogens with zero attached hydrogens (tertiary/aromatic N) is 1. The number of likely N-dealkylation sites (N-methyl/N-ethyl adjacent to an activating group) is 1. The number of hydrogen-bond donors (Lipinski definition) is 1. The third kappa shape index (κ3) is 4.11. The highest BCUT2D eigenvalue weighted by atomic mass is 32.2. The quantitative estimate of drug-likeness (QED) is 0.818. The molecule has 0 spiro atoms. The third-order valence-electron chi connectivity index (χ3n) is 3.92. The van der Waals surface area contributed by atoms with Crippen molar-refractivity contribution in [2.24, 2.45) is 0 Å². The highest BCUT2D eigenvalue weighted by molar-refractivity contribution is 7.98. The maximum Gasteiger partial charge on any atom is 0.267 e. The predicted octanol–water partition coefficient (Wildman–Crippen LogP) is 2.65. The van der Waals surface area contributed by atoms with Gasteiger partial charge < -0.3 is 19.7 Å². The number of benzene rings is 2. The van der Waals surface area contributed by atoms with Gasteiger partial charge in [0.2, 0.25) is 12.0 Å². The number of carbonyl (C=O) groups excluding carboxylic acids is 2. The Morgan fingerprint density at radius 2 is 1.85 bits per heavy atom. The number of thioether (sulfide) groups is 1. The first kappa shape index (κ1) is 18.1. The monoisotopic (exact) mass is 372 g/mol. The molecule has 0 saturated carbocycles. The number of anilines is 1. The van der Waals surface area contributed by atoms with Crippen molar-refractivity contribution in [2.45, 2.75) is 11.0 Å². The van der Waals surface area contributed by atoms with Crippen LogP contribution < -0.4 is 14.8 Å². The Morgan fingerprint density at radius 1 is 1.15 bits per heavy atom. The number of rotatable bonds is 5. The normalized spacial score (nSPS) is 15.2. The van der Waals surface area contributed by atoms with Gasteiger partial charge in [0, 0.05) is 11.9 Å². The first-order chi connectivity index (χ1) is 12.6. The van der Waals surface area contributed by atoms with Gasteiger partial charge in [-0.2, -0.15) is 0 Å². The number of fused-ring (bicyclic) bond motifs is 1. The highest BCUT2D eigenvalue weighted by Crippen LogP contribution is 2.31. The molecule has 6 nitrogen and oxygen atoms in total. The lowest BCUT2D eigenvalue weighted by Gasteiger charge is -2.28. The summed E-state index contributed by atoms with van der Waals surface area (Å²) >= 11 is 1.55. The summed E-state index contributed by atoms with van der Waals surface area (Å²) in [5, 5.41) is 2.84. The molecular formula is C19H20N2O4S. The summed E-state index contributed by atoms with van der Waals surface area (Å²) in [5.41, 5.74) is 0.733. The number of carbonyl (C=O) groups is 2. The molecule has 1 N–H and O–H groups in total. The van der Waals surface area contributed by atoms with Crippen LogP contribution in [0.15, 0.2) is 53.4 Å². The molecule has 1 aliphatic heterocycles. The Labute approximate surface area is 156 Å². The van der Waals surface area contributed by atoms with Crippen molar-refractivity contribution >= 4 is 29.3 Å². The van der Waals surface area contributed by atoms with E-state index in [1.54, 1.807) is 30.9 Å². The molecule has 1 heterocycles. The lowest BCUT2D eigenvalue weighted by Crippen LogP contribution is -2.47. The molecule has 0 bridgehead atoms. The maximum atomic E-state index is 12.6. The first-order valence-electron chi connectivity index (χ1n) is 8.15. The largest absolute Gasteiger partial charge is 0.485 e. The van der Waals surface area contributed by atoms with Crippen LogP contribution in [0.5, 0.6) is 11.5 Å². The molecular weight excluding hydrogens is 352 g/mol. The fraction of sp³-hybridized carbons (Fsp3) is 0.263. The zero-order valence-electron chi connectivity index (χ0n) is 14.6. The van der Waals surface area contributed by atoms with Gasteiger partial charge in [-0.1, -0.05) is 24.3 Å². The van der Waals surface area contributed by atoms with Crippen LogP contribution in [0.25, 0.3) is 0 Å². The van der Waals surface area contributed by atoms with Crippen LogP contribution in [0, 0.1) is 0 Å². The molecule has 0 aliphatic carbocycles.